The Labute approximate surface area is 227 Å². The van der Waals surface area contributed by atoms with Crippen LogP contribution in [0.25, 0.3) is 11.1 Å². The summed E-state index contributed by atoms with van der Waals surface area (Å²) < 4.78 is 21.4. The van der Waals surface area contributed by atoms with Gasteiger partial charge in [-0.15, -0.1) is 0 Å². The first-order valence-corrected chi connectivity index (χ1v) is 12.6. The maximum absolute atomic E-state index is 13.3. The van der Waals surface area contributed by atoms with E-state index in [1.165, 1.54) is 27.2 Å². The Kier molecular flexibility index (Phi) is 10.1. The summed E-state index contributed by atoms with van der Waals surface area (Å²) in [5.74, 6) is 0.405. The number of anilines is 1. The van der Waals surface area contributed by atoms with Crippen molar-refractivity contribution < 1.29 is 33.3 Å². The van der Waals surface area contributed by atoms with Crippen molar-refractivity contribution in [3.05, 3.63) is 45.6 Å². The van der Waals surface area contributed by atoms with Crippen LogP contribution in [0, 0.1) is 0 Å². The van der Waals surface area contributed by atoms with E-state index in [4.69, 9.17) is 14.2 Å². The third kappa shape index (κ3) is 6.98. The Hall–Kier alpha value is -4.28. The van der Waals surface area contributed by atoms with Crippen LogP contribution in [-0.2, 0) is 25.5 Å². The highest BCUT2D eigenvalue weighted by Crippen LogP contribution is 2.50. The number of benzene rings is 1. The maximum atomic E-state index is 13.3. The second-order valence-corrected chi connectivity index (χ2v) is 8.98. The largest absolute Gasteiger partial charge is 0.493 e. The van der Waals surface area contributed by atoms with Crippen molar-refractivity contribution in [1.29, 1.82) is 0 Å². The standard InChI is InChI=1S/C28H35N3O8/c1-16(32)31-20-10-8-17-13-23(36-2)27(38-4)28(39-5)26(17)18-9-11-21(22(33)14-19(18)20)29-12-6-7-24(34)30-15-25(35)37-3/h9,11,13-14,20H,6-8,10,12,15H2,1-5H3,(H,29,33)(H,30,34)(H,31,32). The number of esters is 1. The van der Waals surface area contributed by atoms with E-state index in [-0.39, 0.29) is 30.2 Å². The highest BCUT2D eigenvalue weighted by molar-refractivity contribution is 5.84. The normalized spacial score (nSPS) is 13.6. The molecule has 2 aromatic rings. The van der Waals surface area contributed by atoms with Crippen LogP contribution in [0.5, 0.6) is 17.2 Å². The van der Waals surface area contributed by atoms with Gasteiger partial charge in [0.05, 0.1) is 40.2 Å². The fraction of sp³-hybridized carbons (Fsp3) is 0.429. The highest BCUT2D eigenvalue weighted by Gasteiger charge is 2.29. The van der Waals surface area contributed by atoms with E-state index < -0.39 is 12.0 Å². The Morgan fingerprint density at radius 2 is 1.74 bits per heavy atom. The van der Waals surface area contributed by atoms with E-state index in [1.54, 1.807) is 20.3 Å². The van der Waals surface area contributed by atoms with Gasteiger partial charge in [-0.1, -0.05) is 6.07 Å². The molecule has 0 radical (unpaired) electrons. The van der Waals surface area contributed by atoms with Crippen LogP contribution in [0.4, 0.5) is 5.69 Å². The number of nitrogens with one attached hydrogen (secondary N) is 3. The molecule has 1 unspecified atom stereocenters. The van der Waals surface area contributed by atoms with Crippen LogP contribution in [0.3, 0.4) is 0 Å². The highest BCUT2D eigenvalue weighted by atomic mass is 16.5. The molecule has 0 heterocycles. The van der Waals surface area contributed by atoms with Gasteiger partial charge in [0.1, 0.15) is 6.54 Å². The third-order valence-corrected chi connectivity index (χ3v) is 6.47. The minimum Gasteiger partial charge on any atom is -0.493 e. The summed E-state index contributed by atoms with van der Waals surface area (Å²) in [6.07, 6.45) is 1.77. The lowest BCUT2D eigenvalue weighted by Gasteiger charge is -2.19. The molecule has 0 fully saturated rings. The minimum absolute atomic E-state index is 0.171. The summed E-state index contributed by atoms with van der Waals surface area (Å²) in [5.41, 5.74) is 3.18. The molecule has 0 bridgehead atoms. The van der Waals surface area contributed by atoms with E-state index in [2.05, 4.69) is 20.7 Å². The van der Waals surface area contributed by atoms with Crippen molar-refractivity contribution in [3.8, 4) is 28.4 Å². The molecule has 2 aromatic carbocycles. The van der Waals surface area contributed by atoms with E-state index >= 15 is 0 Å². The molecule has 0 aromatic heterocycles. The van der Waals surface area contributed by atoms with E-state index in [0.717, 1.165) is 16.7 Å². The fourth-order valence-electron chi connectivity index (χ4n) is 4.66. The van der Waals surface area contributed by atoms with Crippen molar-refractivity contribution >= 4 is 23.5 Å². The minimum atomic E-state index is -0.527. The zero-order valence-corrected chi connectivity index (χ0v) is 22.9. The van der Waals surface area contributed by atoms with Gasteiger partial charge in [-0.25, -0.2) is 0 Å². The summed E-state index contributed by atoms with van der Waals surface area (Å²) in [6.45, 7) is 1.61. The van der Waals surface area contributed by atoms with Crippen molar-refractivity contribution in [2.75, 3.05) is 46.8 Å². The van der Waals surface area contributed by atoms with Crippen LogP contribution >= 0.6 is 0 Å². The fourth-order valence-corrected chi connectivity index (χ4v) is 4.66. The van der Waals surface area contributed by atoms with E-state index in [1.807, 2.05) is 12.1 Å². The lowest BCUT2D eigenvalue weighted by atomic mass is 9.95. The summed E-state index contributed by atoms with van der Waals surface area (Å²) >= 11 is 0. The Bertz CT molecular complexity index is 1290. The zero-order chi connectivity index (χ0) is 28.5. The number of amides is 2. The van der Waals surface area contributed by atoms with Gasteiger partial charge in [0.15, 0.2) is 11.5 Å². The second kappa shape index (κ2) is 13.5. The molecular formula is C28H35N3O8. The topological polar surface area (TPSA) is 141 Å². The van der Waals surface area contributed by atoms with Crippen molar-refractivity contribution in [2.24, 2.45) is 0 Å². The molecule has 3 rings (SSSR count). The summed E-state index contributed by atoms with van der Waals surface area (Å²) in [7, 11) is 5.88. The zero-order valence-electron chi connectivity index (χ0n) is 22.9. The monoisotopic (exact) mass is 541 g/mol. The van der Waals surface area contributed by atoms with Gasteiger partial charge in [0.25, 0.3) is 0 Å². The number of hydrogen-bond donors (Lipinski definition) is 3. The maximum Gasteiger partial charge on any atom is 0.325 e. The molecule has 1 atom stereocenters. The van der Waals surface area contributed by atoms with Gasteiger partial charge in [0.2, 0.25) is 23.0 Å². The van der Waals surface area contributed by atoms with Crippen LogP contribution in [-0.4, -0.2) is 59.3 Å². The van der Waals surface area contributed by atoms with Gasteiger partial charge in [0, 0.05) is 25.5 Å². The van der Waals surface area contributed by atoms with Crippen LogP contribution < -0.4 is 35.6 Å². The SMILES string of the molecule is COC(=O)CNC(=O)CCCNc1ccc2c(cc1=O)C(NC(C)=O)CCc1cc(OC)c(OC)c(OC)c1-2. The van der Waals surface area contributed by atoms with Crippen molar-refractivity contribution in [1.82, 2.24) is 10.6 Å². The van der Waals surface area contributed by atoms with Gasteiger partial charge in [-0.3, -0.25) is 19.2 Å². The Balaban J connectivity index is 1.97. The molecule has 210 valence electrons. The van der Waals surface area contributed by atoms with E-state index in [9.17, 15) is 19.2 Å². The third-order valence-electron chi connectivity index (χ3n) is 6.47. The van der Waals surface area contributed by atoms with Gasteiger partial charge in [-0.05, 0) is 54.2 Å². The molecule has 11 heteroatoms. The number of rotatable bonds is 11. The molecule has 1 aliphatic carbocycles. The first-order valence-electron chi connectivity index (χ1n) is 12.6. The predicted molar refractivity (Wildman–Crippen MR) is 145 cm³/mol. The number of hydrogen-bond acceptors (Lipinski definition) is 9. The smallest absolute Gasteiger partial charge is 0.325 e. The molecule has 0 saturated heterocycles. The number of carbonyl (C=O) groups is 3. The van der Waals surface area contributed by atoms with Gasteiger partial charge >= 0.3 is 5.97 Å². The molecule has 0 spiro atoms. The molecule has 11 nitrogen and oxygen atoms in total. The lowest BCUT2D eigenvalue weighted by molar-refractivity contribution is -0.141. The Morgan fingerprint density at radius 1 is 1.00 bits per heavy atom. The number of aryl methyl sites for hydroxylation is 1. The number of methoxy groups -OCH3 is 4. The predicted octanol–water partition coefficient (Wildman–Crippen LogP) is 2.34. The average Bonchev–Trinajstić information content (AvgIpc) is 3.16. The Morgan fingerprint density at radius 3 is 2.38 bits per heavy atom. The van der Waals surface area contributed by atoms with E-state index in [0.29, 0.717) is 54.3 Å². The summed E-state index contributed by atoms with van der Waals surface area (Å²) in [4.78, 5) is 48.4. The summed E-state index contributed by atoms with van der Waals surface area (Å²) in [6, 6.07) is 6.54. The molecule has 39 heavy (non-hydrogen) atoms. The molecule has 1 aliphatic rings. The van der Waals surface area contributed by atoms with Crippen molar-refractivity contribution in [2.45, 2.75) is 38.6 Å². The van der Waals surface area contributed by atoms with Gasteiger partial charge in [-0.2, -0.15) is 0 Å². The number of carbonyl (C=O) groups excluding carboxylic acids is 3. The quantitative estimate of drug-likeness (QED) is 0.289. The van der Waals surface area contributed by atoms with Crippen LogP contribution in [0.1, 0.15) is 43.4 Å². The first-order chi connectivity index (χ1) is 18.7. The van der Waals surface area contributed by atoms with Crippen LogP contribution in [0.2, 0.25) is 0 Å². The van der Waals surface area contributed by atoms with Gasteiger partial charge < -0.3 is 34.9 Å². The van der Waals surface area contributed by atoms with Crippen molar-refractivity contribution in [3.63, 3.8) is 0 Å². The molecule has 0 saturated carbocycles. The molecular weight excluding hydrogens is 506 g/mol. The second-order valence-electron chi connectivity index (χ2n) is 8.98. The summed E-state index contributed by atoms with van der Waals surface area (Å²) in [5, 5.41) is 8.56. The number of fused-ring (bicyclic) bond motifs is 3. The van der Waals surface area contributed by atoms with Crippen LogP contribution in [0.15, 0.2) is 29.1 Å². The lowest BCUT2D eigenvalue weighted by Crippen LogP contribution is -2.30. The first kappa shape index (κ1) is 29.3. The molecule has 2 amide bonds. The number of ether oxygens (including phenoxy) is 4. The molecule has 0 aliphatic heterocycles. The molecule has 3 N–H and O–H groups in total. The average molecular weight is 542 g/mol.